The van der Waals surface area contributed by atoms with E-state index >= 15 is 0 Å². The van der Waals surface area contributed by atoms with Gasteiger partial charge in [0.15, 0.2) is 0 Å². The maximum Gasteiger partial charge on any atom is 0.348 e. The maximum absolute atomic E-state index is 13.5. The Morgan fingerprint density at radius 3 is 2.50 bits per heavy atom. The van der Waals surface area contributed by atoms with E-state index in [1.807, 2.05) is 45.9 Å². The Morgan fingerprint density at radius 1 is 1.31 bits per heavy atom. The number of carboxylic acid groups (broad SMARTS) is 1. The Kier molecular flexibility index (Phi) is 4.40. The van der Waals surface area contributed by atoms with Gasteiger partial charge >= 0.3 is 5.97 Å². The molecule has 0 spiro atoms. The largest absolute Gasteiger partial charge is 0.478 e. The van der Waals surface area contributed by atoms with Gasteiger partial charge in [-0.3, -0.25) is 0 Å². The number of alkyl halides is 2. The summed E-state index contributed by atoms with van der Waals surface area (Å²) >= 11 is 0. The molecular weight excluding hydrogens is 338 g/mol. The van der Waals surface area contributed by atoms with Crippen molar-refractivity contribution in [3.05, 3.63) is 35.4 Å². The van der Waals surface area contributed by atoms with E-state index < -0.39 is 17.5 Å². The van der Waals surface area contributed by atoms with Crippen LogP contribution in [0.1, 0.15) is 57.6 Å². The number of aryl methyl sites for hydroxylation is 1. The van der Waals surface area contributed by atoms with Gasteiger partial charge < -0.3 is 9.84 Å². The first-order chi connectivity index (χ1) is 11.9. The van der Waals surface area contributed by atoms with Crippen molar-refractivity contribution in [2.45, 2.75) is 64.9 Å². The number of ether oxygens (including phenoxy) is 1. The highest BCUT2D eigenvalue weighted by atomic mass is 19.3. The summed E-state index contributed by atoms with van der Waals surface area (Å²) in [5, 5.41) is 9.80. The van der Waals surface area contributed by atoms with Gasteiger partial charge in [-0.25, -0.2) is 13.6 Å². The summed E-state index contributed by atoms with van der Waals surface area (Å²) in [7, 11) is 0. The first-order valence-electron chi connectivity index (χ1n) is 9.05. The monoisotopic (exact) mass is 364 g/mol. The van der Waals surface area contributed by atoms with Gasteiger partial charge in [0.25, 0.3) is 5.92 Å². The molecular formula is C21H26F2O3. The van der Waals surface area contributed by atoms with Crippen molar-refractivity contribution in [2.24, 2.45) is 11.3 Å². The molecule has 2 atom stereocenters. The van der Waals surface area contributed by atoms with E-state index in [1.54, 1.807) is 6.08 Å². The minimum absolute atomic E-state index is 0.0921. The zero-order valence-electron chi connectivity index (χ0n) is 15.7. The Labute approximate surface area is 153 Å². The third-order valence-electron chi connectivity index (χ3n) is 5.50. The standard InChI is InChI=1S/C21H26F2O3/c1-13-5-6-15(14-7-9-20(22,23)10-8-14)16(11-13)26-21(18(24)25)12-17(21)19(2,3)4/h5-7,11,17H,8-10,12H2,1-4H3,(H,24,25). The number of allylic oxidation sites excluding steroid dienone is 2. The highest BCUT2D eigenvalue weighted by molar-refractivity contribution is 5.83. The molecule has 1 saturated carbocycles. The molecule has 26 heavy (non-hydrogen) atoms. The second-order valence-electron chi connectivity index (χ2n) is 8.71. The quantitative estimate of drug-likeness (QED) is 0.771. The van der Waals surface area contributed by atoms with Crippen molar-refractivity contribution in [3.63, 3.8) is 0 Å². The van der Waals surface area contributed by atoms with Crippen LogP contribution in [0, 0.1) is 18.3 Å². The number of hydrogen-bond donors (Lipinski definition) is 1. The summed E-state index contributed by atoms with van der Waals surface area (Å²) in [5.41, 5.74) is 1.05. The number of halogens is 2. The Balaban J connectivity index is 1.95. The molecule has 0 heterocycles. The number of rotatable bonds is 4. The van der Waals surface area contributed by atoms with Crippen LogP contribution >= 0.6 is 0 Å². The Hall–Kier alpha value is -1.91. The zero-order chi connectivity index (χ0) is 19.3. The number of aliphatic carboxylic acids is 1. The lowest BCUT2D eigenvalue weighted by Gasteiger charge is -2.26. The molecule has 0 aliphatic heterocycles. The lowest BCUT2D eigenvalue weighted by atomic mass is 9.87. The second-order valence-corrected chi connectivity index (χ2v) is 8.71. The summed E-state index contributed by atoms with van der Waals surface area (Å²) in [5.74, 6) is -3.24. The molecule has 2 unspecified atom stereocenters. The van der Waals surface area contributed by atoms with Crippen molar-refractivity contribution in [1.29, 1.82) is 0 Å². The smallest absolute Gasteiger partial charge is 0.348 e. The normalized spacial score (nSPS) is 27.6. The van der Waals surface area contributed by atoms with Crippen molar-refractivity contribution >= 4 is 11.5 Å². The van der Waals surface area contributed by atoms with Gasteiger partial charge in [0, 0.05) is 30.7 Å². The van der Waals surface area contributed by atoms with E-state index in [4.69, 9.17) is 4.74 Å². The molecule has 0 radical (unpaired) electrons. The maximum atomic E-state index is 13.5. The van der Waals surface area contributed by atoms with Crippen LogP contribution in [0.4, 0.5) is 8.78 Å². The van der Waals surface area contributed by atoms with Crippen molar-refractivity contribution in [3.8, 4) is 5.75 Å². The lowest BCUT2D eigenvalue weighted by molar-refractivity contribution is -0.149. The highest BCUT2D eigenvalue weighted by Gasteiger charge is 2.67. The predicted molar refractivity (Wildman–Crippen MR) is 96.5 cm³/mol. The third-order valence-corrected chi connectivity index (χ3v) is 5.50. The van der Waals surface area contributed by atoms with Crippen molar-refractivity contribution in [1.82, 2.24) is 0 Å². The van der Waals surface area contributed by atoms with E-state index in [-0.39, 0.29) is 30.6 Å². The molecule has 1 aromatic carbocycles. The summed E-state index contributed by atoms with van der Waals surface area (Å²) < 4.78 is 33.1. The molecule has 142 valence electrons. The topological polar surface area (TPSA) is 46.5 Å². The SMILES string of the molecule is Cc1ccc(C2=CCC(F)(F)CC2)c(OC2(C(=O)O)CC2C(C)(C)C)c1. The molecule has 1 aromatic rings. The van der Waals surface area contributed by atoms with Gasteiger partial charge in [-0.05, 0) is 36.0 Å². The van der Waals surface area contributed by atoms with Gasteiger partial charge in [0.1, 0.15) is 5.75 Å². The minimum atomic E-state index is -2.66. The number of carbonyl (C=O) groups is 1. The van der Waals surface area contributed by atoms with Crippen molar-refractivity contribution in [2.75, 3.05) is 0 Å². The fourth-order valence-electron chi connectivity index (χ4n) is 3.86. The van der Waals surface area contributed by atoms with Crippen LogP contribution in [-0.4, -0.2) is 22.6 Å². The predicted octanol–water partition coefficient (Wildman–Crippen LogP) is 5.47. The van der Waals surface area contributed by atoms with Crippen LogP contribution in [0.25, 0.3) is 5.57 Å². The van der Waals surface area contributed by atoms with Crippen LogP contribution in [0.2, 0.25) is 0 Å². The summed E-state index contributed by atoms with van der Waals surface area (Å²) in [4.78, 5) is 12.0. The van der Waals surface area contributed by atoms with Crippen LogP contribution < -0.4 is 4.74 Å². The highest BCUT2D eigenvalue weighted by Crippen LogP contribution is 2.57. The first-order valence-corrected chi connectivity index (χ1v) is 9.05. The Bertz CT molecular complexity index is 761. The molecule has 1 N–H and O–H groups in total. The summed E-state index contributed by atoms with van der Waals surface area (Å²) in [6.45, 7) is 7.93. The number of benzene rings is 1. The third kappa shape index (κ3) is 3.49. The van der Waals surface area contributed by atoms with Gasteiger partial charge in [-0.1, -0.05) is 39.0 Å². The fraction of sp³-hybridized carbons (Fsp3) is 0.571. The molecule has 3 nitrogen and oxygen atoms in total. The number of hydrogen-bond acceptors (Lipinski definition) is 2. The van der Waals surface area contributed by atoms with Crippen molar-refractivity contribution < 1.29 is 23.4 Å². The molecule has 1 fully saturated rings. The van der Waals surface area contributed by atoms with Gasteiger partial charge in [0.2, 0.25) is 5.60 Å². The van der Waals surface area contributed by atoms with E-state index in [9.17, 15) is 18.7 Å². The average Bonchev–Trinajstić information content (AvgIpc) is 3.24. The molecule has 0 aromatic heterocycles. The van der Waals surface area contributed by atoms with Crippen LogP contribution in [-0.2, 0) is 4.79 Å². The first kappa shape index (κ1) is 18.9. The molecule has 0 saturated heterocycles. The van der Waals surface area contributed by atoms with E-state index in [1.165, 1.54) is 0 Å². The van der Waals surface area contributed by atoms with Gasteiger partial charge in [-0.2, -0.15) is 0 Å². The molecule has 2 aliphatic rings. The lowest BCUT2D eigenvalue weighted by Crippen LogP contribution is -2.35. The summed E-state index contributed by atoms with van der Waals surface area (Å²) in [6.07, 6.45) is 1.79. The number of carboxylic acids is 1. The molecule has 0 amide bonds. The van der Waals surface area contributed by atoms with E-state index in [2.05, 4.69) is 0 Å². The van der Waals surface area contributed by atoms with Crippen LogP contribution in [0.5, 0.6) is 5.75 Å². The summed E-state index contributed by atoms with van der Waals surface area (Å²) in [6, 6.07) is 5.56. The minimum Gasteiger partial charge on any atom is -0.478 e. The molecule has 2 aliphatic carbocycles. The van der Waals surface area contributed by atoms with E-state index in [0.717, 1.165) is 16.7 Å². The average molecular weight is 364 g/mol. The zero-order valence-corrected chi connectivity index (χ0v) is 15.7. The molecule has 0 bridgehead atoms. The van der Waals surface area contributed by atoms with Crippen LogP contribution in [0.3, 0.4) is 0 Å². The van der Waals surface area contributed by atoms with Crippen LogP contribution in [0.15, 0.2) is 24.3 Å². The Morgan fingerprint density at radius 2 is 2.00 bits per heavy atom. The van der Waals surface area contributed by atoms with Gasteiger partial charge in [0.05, 0.1) is 0 Å². The molecule has 3 rings (SSSR count). The van der Waals surface area contributed by atoms with E-state index in [0.29, 0.717) is 12.2 Å². The second kappa shape index (κ2) is 6.07. The molecule has 5 heteroatoms. The van der Waals surface area contributed by atoms with Gasteiger partial charge in [-0.15, -0.1) is 0 Å². The fourth-order valence-corrected chi connectivity index (χ4v) is 3.86.